The zero-order valence-corrected chi connectivity index (χ0v) is 18.9. The van der Waals surface area contributed by atoms with Gasteiger partial charge >= 0.3 is 0 Å². The zero-order valence-electron chi connectivity index (χ0n) is 18.1. The molecule has 1 aliphatic heterocycles. The van der Waals surface area contributed by atoms with E-state index in [1.54, 1.807) is 41.2 Å². The van der Waals surface area contributed by atoms with Crippen molar-refractivity contribution in [1.82, 2.24) is 19.1 Å². The zero-order chi connectivity index (χ0) is 22.0. The minimum Gasteiger partial charge on any atom is -0.326 e. The van der Waals surface area contributed by atoms with Gasteiger partial charge in [0.25, 0.3) is 0 Å². The van der Waals surface area contributed by atoms with E-state index in [9.17, 15) is 13.2 Å². The Labute approximate surface area is 188 Å². The molecular formula is C23H29N5O3S. The van der Waals surface area contributed by atoms with Crippen molar-refractivity contribution in [1.29, 1.82) is 0 Å². The van der Waals surface area contributed by atoms with Gasteiger partial charge in [-0.25, -0.2) is 18.1 Å². The van der Waals surface area contributed by atoms with Crippen molar-refractivity contribution in [3.8, 4) is 0 Å². The average Bonchev–Trinajstić information content (AvgIpc) is 3.48. The van der Waals surface area contributed by atoms with Crippen LogP contribution in [0.3, 0.4) is 0 Å². The van der Waals surface area contributed by atoms with E-state index in [0.717, 1.165) is 44.9 Å². The minimum absolute atomic E-state index is 0.0613. The van der Waals surface area contributed by atoms with Crippen LogP contribution in [-0.4, -0.2) is 46.5 Å². The molecule has 4 saturated carbocycles. The van der Waals surface area contributed by atoms with Gasteiger partial charge in [-0.1, -0.05) is 0 Å². The molecule has 1 N–H and O–H groups in total. The van der Waals surface area contributed by atoms with Gasteiger partial charge < -0.3 is 5.32 Å². The van der Waals surface area contributed by atoms with Gasteiger partial charge in [0, 0.05) is 18.8 Å². The smallest absolute Gasteiger partial charge is 0.243 e. The topological polar surface area (TPSA) is 97.2 Å². The molecule has 1 amide bonds. The maximum Gasteiger partial charge on any atom is 0.243 e. The molecule has 170 valence electrons. The predicted molar refractivity (Wildman–Crippen MR) is 118 cm³/mol. The fourth-order valence-corrected chi connectivity index (χ4v) is 8.77. The van der Waals surface area contributed by atoms with Gasteiger partial charge in [-0.2, -0.15) is 9.40 Å². The van der Waals surface area contributed by atoms with E-state index in [1.807, 2.05) is 4.68 Å². The third-order valence-electron chi connectivity index (χ3n) is 8.23. The number of hydrogen-bond donors (Lipinski definition) is 1. The molecule has 0 spiro atoms. The number of carbonyl (C=O) groups excluding carboxylic acids is 1. The molecule has 2 aromatic rings. The molecule has 0 unspecified atom stereocenters. The van der Waals surface area contributed by atoms with Crippen LogP contribution in [0.25, 0.3) is 0 Å². The Morgan fingerprint density at radius 1 is 1.03 bits per heavy atom. The molecule has 2 heterocycles. The molecule has 4 bridgehead atoms. The van der Waals surface area contributed by atoms with Gasteiger partial charge in [0.2, 0.25) is 15.9 Å². The Kier molecular flexibility index (Phi) is 4.53. The maximum absolute atomic E-state index is 13.6. The average molecular weight is 456 g/mol. The minimum atomic E-state index is -3.45. The van der Waals surface area contributed by atoms with E-state index in [4.69, 9.17) is 0 Å². The van der Waals surface area contributed by atoms with Crippen LogP contribution in [0.15, 0.2) is 41.8 Å². The highest BCUT2D eigenvalue weighted by molar-refractivity contribution is 7.89. The number of sulfonamides is 1. The first-order chi connectivity index (χ1) is 15.4. The second-order valence-electron chi connectivity index (χ2n) is 10.4. The van der Waals surface area contributed by atoms with E-state index in [2.05, 4.69) is 15.4 Å². The fourth-order valence-electron chi connectivity index (χ4n) is 7.25. The highest BCUT2D eigenvalue weighted by Gasteiger charge is 2.61. The van der Waals surface area contributed by atoms with E-state index in [0.29, 0.717) is 30.6 Å². The number of aromatic nitrogens is 3. The summed E-state index contributed by atoms with van der Waals surface area (Å²) in [5.41, 5.74) is 0.156. The highest BCUT2D eigenvalue weighted by Crippen LogP contribution is 2.64. The van der Waals surface area contributed by atoms with Gasteiger partial charge in [0.15, 0.2) is 0 Å². The number of amides is 1. The fraction of sp³-hybridized carbons (Fsp3) is 0.609. The summed E-state index contributed by atoms with van der Waals surface area (Å²) in [6, 6.07) is 6.66. The summed E-state index contributed by atoms with van der Waals surface area (Å²) in [6.45, 7) is 1.17. The van der Waals surface area contributed by atoms with Crippen molar-refractivity contribution in [2.24, 2.45) is 17.3 Å². The van der Waals surface area contributed by atoms with Gasteiger partial charge in [-0.3, -0.25) is 4.79 Å². The molecule has 4 aliphatic carbocycles. The molecule has 5 fully saturated rings. The lowest BCUT2D eigenvalue weighted by Gasteiger charge is -2.60. The van der Waals surface area contributed by atoms with Gasteiger partial charge in [0.05, 0.1) is 15.8 Å². The second-order valence-corrected chi connectivity index (χ2v) is 12.3. The molecule has 8 nitrogen and oxygen atoms in total. The lowest BCUT2D eigenvalue weighted by Crippen LogP contribution is -2.60. The van der Waals surface area contributed by atoms with Gasteiger partial charge in [-0.15, -0.1) is 0 Å². The van der Waals surface area contributed by atoms with Crippen LogP contribution < -0.4 is 5.32 Å². The first-order valence-corrected chi connectivity index (χ1v) is 13.1. The van der Waals surface area contributed by atoms with E-state index in [-0.39, 0.29) is 16.3 Å². The number of nitrogens with zero attached hydrogens (tertiary/aromatic N) is 4. The summed E-state index contributed by atoms with van der Waals surface area (Å²) in [5, 5.41) is 7.58. The monoisotopic (exact) mass is 455 g/mol. The summed E-state index contributed by atoms with van der Waals surface area (Å²) in [5.74, 6) is 1.14. The number of carbonyl (C=O) groups is 1. The summed E-state index contributed by atoms with van der Waals surface area (Å²) >= 11 is 0. The molecule has 0 radical (unpaired) electrons. The van der Waals surface area contributed by atoms with Crippen molar-refractivity contribution < 1.29 is 13.2 Å². The molecule has 2 atom stereocenters. The summed E-state index contributed by atoms with van der Waals surface area (Å²) in [4.78, 5) is 18.0. The highest BCUT2D eigenvalue weighted by atomic mass is 32.2. The molecule has 32 heavy (non-hydrogen) atoms. The Hall–Kier alpha value is -2.26. The summed E-state index contributed by atoms with van der Waals surface area (Å²) in [6.07, 6.45) is 11.2. The largest absolute Gasteiger partial charge is 0.326 e. The Balaban J connectivity index is 1.22. The molecule has 1 aromatic heterocycles. The third kappa shape index (κ3) is 3.12. The van der Waals surface area contributed by atoms with E-state index >= 15 is 0 Å². The first kappa shape index (κ1) is 20.4. The van der Waals surface area contributed by atoms with Crippen molar-refractivity contribution in [2.75, 3.05) is 18.4 Å². The van der Waals surface area contributed by atoms with Crippen molar-refractivity contribution >= 4 is 21.6 Å². The standard InChI is InChI=1S/C23H29N5O3S/c29-21(26-19-3-5-20(6-4-19)32(30,31)27-7-1-2-8-27)22-10-17-9-18(11-22)13-23(12-17,14-22)28-16-24-15-25-28/h3-6,15-18H,1-2,7-14H2,(H,26,29)/t17-,18-,22?,23?/m0/s1. The Morgan fingerprint density at radius 3 is 2.34 bits per heavy atom. The van der Waals surface area contributed by atoms with Crippen LogP contribution in [0.4, 0.5) is 5.69 Å². The molecule has 1 saturated heterocycles. The quantitative estimate of drug-likeness (QED) is 0.748. The van der Waals surface area contributed by atoms with Crippen LogP contribution in [0.5, 0.6) is 0 Å². The number of anilines is 1. The van der Waals surface area contributed by atoms with Crippen molar-refractivity contribution in [3.63, 3.8) is 0 Å². The number of rotatable bonds is 5. The van der Waals surface area contributed by atoms with Gasteiger partial charge in [0.1, 0.15) is 12.7 Å². The summed E-state index contributed by atoms with van der Waals surface area (Å²) < 4.78 is 29.1. The number of nitrogens with one attached hydrogen (secondary N) is 1. The molecular weight excluding hydrogens is 426 g/mol. The molecule has 9 heteroatoms. The lowest BCUT2D eigenvalue weighted by molar-refractivity contribution is -0.150. The van der Waals surface area contributed by atoms with Crippen LogP contribution >= 0.6 is 0 Å². The molecule has 1 aromatic carbocycles. The third-order valence-corrected chi connectivity index (χ3v) is 10.1. The van der Waals surface area contributed by atoms with Crippen LogP contribution in [-0.2, 0) is 20.4 Å². The van der Waals surface area contributed by atoms with Crippen LogP contribution in [0, 0.1) is 17.3 Å². The normalized spacial score (nSPS) is 34.1. The SMILES string of the molecule is O=C(Nc1ccc(S(=O)(=O)N2CCCC2)cc1)C12C[C@@H]3C[C@@H](C1)CC(n1cncn1)(C3)C2. The maximum atomic E-state index is 13.6. The number of hydrogen-bond acceptors (Lipinski definition) is 5. The van der Waals surface area contributed by atoms with E-state index < -0.39 is 15.4 Å². The lowest BCUT2D eigenvalue weighted by atomic mass is 9.46. The molecule has 5 aliphatic rings. The Bertz CT molecular complexity index is 1110. The van der Waals surface area contributed by atoms with Gasteiger partial charge in [-0.05, 0) is 87.5 Å². The van der Waals surface area contributed by atoms with E-state index in [1.165, 1.54) is 6.42 Å². The Morgan fingerprint density at radius 2 is 1.72 bits per heavy atom. The first-order valence-electron chi connectivity index (χ1n) is 11.7. The van der Waals surface area contributed by atoms with Crippen LogP contribution in [0.2, 0.25) is 0 Å². The predicted octanol–water partition coefficient (Wildman–Crippen LogP) is 3.00. The van der Waals surface area contributed by atoms with Crippen molar-refractivity contribution in [3.05, 3.63) is 36.9 Å². The number of benzene rings is 1. The summed E-state index contributed by atoms with van der Waals surface area (Å²) in [7, 11) is -3.45. The second kappa shape index (κ2) is 7.12. The molecule has 7 rings (SSSR count). The van der Waals surface area contributed by atoms with Crippen molar-refractivity contribution in [2.45, 2.75) is 61.8 Å². The van der Waals surface area contributed by atoms with Crippen LogP contribution in [0.1, 0.15) is 51.4 Å².